The molecule has 0 saturated heterocycles. The van der Waals surface area contributed by atoms with Gasteiger partial charge in [-0.15, -0.1) is 0 Å². The lowest BCUT2D eigenvalue weighted by Gasteiger charge is -2.14. The Hall–Kier alpha value is -3.15. The number of rotatable bonds is 5. The summed E-state index contributed by atoms with van der Waals surface area (Å²) in [4.78, 5) is 35.4. The van der Waals surface area contributed by atoms with Crippen molar-refractivity contribution < 1.29 is 19.1 Å². The van der Waals surface area contributed by atoms with Crippen LogP contribution in [0, 0.1) is 0 Å². The van der Waals surface area contributed by atoms with E-state index in [1.165, 1.54) is 14.0 Å². The highest BCUT2D eigenvalue weighted by Crippen LogP contribution is 2.16. The van der Waals surface area contributed by atoms with Crippen LogP contribution in [0.5, 0.6) is 0 Å². The van der Waals surface area contributed by atoms with E-state index in [0.717, 1.165) is 11.1 Å². The molecule has 0 aliphatic carbocycles. The van der Waals surface area contributed by atoms with Crippen molar-refractivity contribution >= 4 is 17.9 Å². The first-order valence-corrected chi connectivity index (χ1v) is 7.86. The number of carbonyl (C=O) groups excluding carboxylic acids is 3. The molecule has 0 fully saturated rings. The fourth-order valence-corrected chi connectivity index (χ4v) is 2.24. The molecule has 0 bridgehead atoms. The lowest BCUT2D eigenvalue weighted by molar-refractivity contribution is -0.127. The standard InChI is InChI=1S/C19H20N2O4/c1-13(17(22)21-19(24)20-2)25-18(23)16-11-7-6-10-15(16)12-14-8-4-3-5-9-14/h3-11,13H,12H2,1-2H3,(H2,20,21,22,24)/t13-/m0/s1. The topological polar surface area (TPSA) is 84.5 Å². The van der Waals surface area contributed by atoms with Crippen LogP contribution in [0.25, 0.3) is 0 Å². The van der Waals surface area contributed by atoms with Gasteiger partial charge >= 0.3 is 12.0 Å². The van der Waals surface area contributed by atoms with Crippen molar-refractivity contribution in [3.05, 3.63) is 71.3 Å². The van der Waals surface area contributed by atoms with E-state index in [0.29, 0.717) is 12.0 Å². The molecule has 2 rings (SSSR count). The van der Waals surface area contributed by atoms with Crippen LogP contribution in [0.4, 0.5) is 4.79 Å². The van der Waals surface area contributed by atoms with Crippen LogP contribution in [-0.4, -0.2) is 31.1 Å². The molecule has 0 aromatic heterocycles. The maximum Gasteiger partial charge on any atom is 0.339 e. The molecule has 6 heteroatoms. The molecule has 0 aliphatic rings. The van der Waals surface area contributed by atoms with E-state index in [1.54, 1.807) is 12.1 Å². The Kier molecular flexibility index (Phi) is 6.28. The first-order valence-electron chi connectivity index (χ1n) is 7.86. The maximum atomic E-state index is 12.4. The third kappa shape index (κ3) is 5.17. The minimum atomic E-state index is -1.09. The molecule has 0 heterocycles. The summed E-state index contributed by atoms with van der Waals surface area (Å²) in [7, 11) is 1.39. The molecule has 0 aliphatic heterocycles. The molecule has 0 saturated carbocycles. The summed E-state index contributed by atoms with van der Waals surface area (Å²) in [6, 6.07) is 16.2. The van der Waals surface area contributed by atoms with Crippen LogP contribution >= 0.6 is 0 Å². The molecule has 2 aromatic carbocycles. The van der Waals surface area contributed by atoms with E-state index in [9.17, 15) is 14.4 Å². The lowest BCUT2D eigenvalue weighted by atomic mass is 10.00. The second-order valence-electron chi connectivity index (χ2n) is 5.44. The van der Waals surface area contributed by atoms with Crippen molar-refractivity contribution in [2.75, 3.05) is 7.05 Å². The summed E-state index contributed by atoms with van der Waals surface area (Å²) in [6.07, 6.45) is -0.514. The Balaban J connectivity index is 2.09. The van der Waals surface area contributed by atoms with Gasteiger partial charge in [0.2, 0.25) is 0 Å². The molecular formula is C19H20N2O4. The zero-order chi connectivity index (χ0) is 18.2. The number of urea groups is 1. The summed E-state index contributed by atoms with van der Waals surface area (Å²) in [5.41, 5.74) is 2.26. The summed E-state index contributed by atoms with van der Waals surface area (Å²) in [5.74, 6) is -1.29. The molecule has 0 unspecified atom stereocenters. The Morgan fingerprint density at radius 2 is 1.64 bits per heavy atom. The van der Waals surface area contributed by atoms with E-state index >= 15 is 0 Å². The molecule has 0 spiro atoms. The van der Waals surface area contributed by atoms with Crippen molar-refractivity contribution in [1.82, 2.24) is 10.6 Å². The molecule has 2 aromatic rings. The molecule has 6 nitrogen and oxygen atoms in total. The van der Waals surface area contributed by atoms with Crippen LogP contribution in [0.3, 0.4) is 0 Å². The van der Waals surface area contributed by atoms with Gasteiger partial charge in [-0.3, -0.25) is 10.1 Å². The minimum Gasteiger partial charge on any atom is -0.449 e. The third-order valence-corrected chi connectivity index (χ3v) is 3.59. The van der Waals surface area contributed by atoms with Gasteiger partial charge in [-0.25, -0.2) is 9.59 Å². The molecule has 3 amide bonds. The quantitative estimate of drug-likeness (QED) is 0.818. The van der Waals surface area contributed by atoms with Crippen LogP contribution in [0.2, 0.25) is 0 Å². The average Bonchev–Trinajstić information content (AvgIpc) is 2.62. The second-order valence-corrected chi connectivity index (χ2v) is 5.44. The van der Waals surface area contributed by atoms with Gasteiger partial charge in [-0.05, 0) is 30.5 Å². The van der Waals surface area contributed by atoms with Crippen molar-refractivity contribution in [3.8, 4) is 0 Å². The minimum absolute atomic E-state index is 0.394. The number of hydrogen-bond donors (Lipinski definition) is 2. The van der Waals surface area contributed by atoms with Crippen LogP contribution in [-0.2, 0) is 16.0 Å². The third-order valence-electron chi connectivity index (χ3n) is 3.59. The highest BCUT2D eigenvalue weighted by Gasteiger charge is 2.21. The number of esters is 1. The van der Waals surface area contributed by atoms with E-state index in [1.807, 2.05) is 42.5 Å². The Bertz CT molecular complexity index is 759. The van der Waals surface area contributed by atoms with Crippen LogP contribution in [0.15, 0.2) is 54.6 Å². The summed E-state index contributed by atoms with van der Waals surface area (Å²) < 4.78 is 5.19. The largest absolute Gasteiger partial charge is 0.449 e. The van der Waals surface area contributed by atoms with Crippen molar-refractivity contribution in [2.45, 2.75) is 19.4 Å². The SMILES string of the molecule is CNC(=O)NC(=O)[C@H](C)OC(=O)c1ccccc1Cc1ccccc1. The van der Waals surface area contributed by atoms with Gasteiger partial charge in [-0.1, -0.05) is 48.5 Å². The molecule has 2 N–H and O–H groups in total. The van der Waals surface area contributed by atoms with Crippen molar-refractivity contribution in [1.29, 1.82) is 0 Å². The van der Waals surface area contributed by atoms with Gasteiger partial charge < -0.3 is 10.1 Å². The monoisotopic (exact) mass is 340 g/mol. The number of hydrogen-bond acceptors (Lipinski definition) is 4. The number of amides is 3. The number of benzene rings is 2. The summed E-state index contributed by atoms with van der Waals surface area (Å²) in [5, 5.41) is 4.34. The number of carbonyl (C=O) groups is 3. The molecule has 0 radical (unpaired) electrons. The first kappa shape index (κ1) is 18.2. The highest BCUT2D eigenvalue weighted by molar-refractivity contribution is 5.98. The lowest BCUT2D eigenvalue weighted by Crippen LogP contribution is -2.43. The Morgan fingerprint density at radius 3 is 2.32 bits per heavy atom. The first-order chi connectivity index (χ1) is 12.0. The average molecular weight is 340 g/mol. The van der Waals surface area contributed by atoms with Gasteiger partial charge in [0, 0.05) is 7.05 Å². The van der Waals surface area contributed by atoms with Gasteiger partial charge in [0.25, 0.3) is 5.91 Å². The Morgan fingerprint density at radius 1 is 1.00 bits per heavy atom. The number of nitrogens with one attached hydrogen (secondary N) is 2. The molecule has 1 atom stereocenters. The fraction of sp³-hybridized carbons (Fsp3) is 0.211. The van der Waals surface area contributed by atoms with Gasteiger partial charge in [0.05, 0.1) is 5.56 Å². The predicted octanol–water partition coefficient (Wildman–Crippen LogP) is 2.28. The van der Waals surface area contributed by atoms with Crippen molar-refractivity contribution in [3.63, 3.8) is 0 Å². The number of imide groups is 1. The molecular weight excluding hydrogens is 320 g/mol. The Labute approximate surface area is 146 Å². The zero-order valence-corrected chi connectivity index (χ0v) is 14.1. The summed E-state index contributed by atoms with van der Waals surface area (Å²) in [6.45, 7) is 1.41. The van der Waals surface area contributed by atoms with Crippen LogP contribution < -0.4 is 10.6 Å². The molecule has 130 valence electrons. The maximum absolute atomic E-state index is 12.4. The van der Waals surface area contributed by atoms with E-state index in [-0.39, 0.29) is 0 Å². The van der Waals surface area contributed by atoms with E-state index in [2.05, 4.69) is 10.6 Å². The van der Waals surface area contributed by atoms with Crippen molar-refractivity contribution in [2.24, 2.45) is 0 Å². The fourth-order valence-electron chi connectivity index (χ4n) is 2.24. The van der Waals surface area contributed by atoms with Gasteiger partial charge in [-0.2, -0.15) is 0 Å². The van der Waals surface area contributed by atoms with E-state index < -0.39 is 24.0 Å². The number of ether oxygens (including phenoxy) is 1. The van der Waals surface area contributed by atoms with Crippen LogP contribution in [0.1, 0.15) is 28.4 Å². The molecule has 25 heavy (non-hydrogen) atoms. The smallest absolute Gasteiger partial charge is 0.339 e. The normalized spacial score (nSPS) is 11.3. The second kappa shape index (κ2) is 8.63. The predicted molar refractivity (Wildman–Crippen MR) is 93.2 cm³/mol. The zero-order valence-electron chi connectivity index (χ0n) is 14.1. The summed E-state index contributed by atoms with van der Waals surface area (Å²) >= 11 is 0. The van der Waals surface area contributed by atoms with Gasteiger partial charge in [0.1, 0.15) is 0 Å². The van der Waals surface area contributed by atoms with Gasteiger partial charge in [0.15, 0.2) is 6.10 Å². The highest BCUT2D eigenvalue weighted by atomic mass is 16.5. The van der Waals surface area contributed by atoms with E-state index in [4.69, 9.17) is 4.74 Å².